The molecule has 0 radical (unpaired) electrons. The van der Waals surface area contributed by atoms with Crippen molar-refractivity contribution in [3.05, 3.63) is 64.5 Å². The summed E-state index contributed by atoms with van der Waals surface area (Å²) in [5.74, 6) is -1.43. The highest BCUT2D eigenvalue weighted by molar-refractivity contribution is 7.92. The quantitative estimate of drug-likeness (QED) is 0.351. The molecule has 40 heavy (non-hydrogen) atoms. The molecule has 0 saturated heterocycles. The number of pyridine rings is 1. The lowest BCUT2D eigenvalue weighted by Crippen LogP contribution is -2.38. The van der Waals surface area contributed by atoms with Crippen molar-refractivity contribution in [1.29, 1.82) is 0 Å². The Hall–Kier alpha value is -3.05. The average molecular weight is 575 g/mol. The maximum Gasteiger partial charge on any atom is 0.263 e. The molecule has 1 N–H and O–H groups in total. The zero-order valence-corrected chi connectivity index (χ0v) is 24.3. The molecule has 8 nitrogen and oxygen atoms in total. The van der Waals surface area contributed by atoms with Gasteiger partial charge in [0, 0.05) is 61.1 Å². The number of hydrogen-bond donors (Lipinski definition) is 1. The van der Waals surface area contributed by atoms with Crippen LogP contribution in [0.3, 0.4) is 0 Å². The van der Waals surface area contributed by atoms with Gasteiger partial charge in [-0.25, -0.2) is 22.2 Å². The first kappa shape index (κ1) is 28.5. The van der Waals surface area contributed by atoms with Crippen LogP contribution < -0.4 is 9.46 Å². The summed E-state index contributed by atoms with van der Waals surface area (Å²) < 4.78 is 66.2. The summed E-state index contributed by atoms with van der Waals surface area (Å²) in [6.07, 6.45) is 2.29. The third-order valence-corrected chi connectivity index (χ3v) is 9.13. The summed E-state index contributed by atoms with van der Waals surface area (Å²) in [7, 11) is -3.87. The van der Waals surface area contributed by atoms with E-state index < -0.39 is 15.9 Å². The molecule has 1 aliphatic heterocycles. The summed E-state index contributed by atoms with van der Waals surface area (Å²) in [5, 5.41) is 3.97. The fourth-order valence-electron chi connectivity index (χ4n) is 5.41. The van der Waals surface area contributed by atoms with Crippen LogP contribution in [0.15, 0.2) is 45.9 Å². The van der Waals surface area contributed by atoms with Crippen LogP contribution in [-0.4, -0.2) is 42.5 Å². The molecule has 5 rings (SSSR count). The Balaban J connectivity index is 1.24. The fraction of sp³-hybridized carbons (Fsp3) is 0.517. The van der Waals surface area contributed by atoms with Crippen LogP contribution in [0.1, 0.15) is 74.6 Å². The van der Waals surface area contributed by atoms with Crippen LogP contribution in [0.5, 0.6) is 5.88 Å². The normalized spacial score (nSPS) is 18.6. The predicted molar refractivity (Wildman–Crippen MR) is 147 cm³/mol. The number of hydrogen-bond acceptors (Lipinski definition) is 7. The summed E-state index contributed by atoms with van der Waals surface area (Å²) in [6, 6.07) is 8.99. The van der Waals surface area contributed by atoms with Crippen LogP contribution in [0, 0.1) is 12.8 Å². The van der Waals surface area contributed by atoms with E-state index >= 15 is 0 Å². The highest BCUT2D eigenvalue weighted by Gasteiger charge is 2.45. The van der Waals surface area contributed by atoms with Gasteiger partial charge in [-0.15, -0.1) is 0 Å². The molecule has 3 heterocycles. The predicted octanol–water partition coefficient (Wildman–Crippen LogP) is 6.02. The number of alkyl halides is 2. The largest absolute Gasteiger partial charge is 0.477 e. The first-order chi connectivity index (χ1) is 18.7. The number of ether oxygens (including phenoxy) is 1. The molecule has 1 aliphatic carbocycles. The van der Waals surface area contributed by atoms with E-state index in [0.29, 0.717) is 23.7 Å². The SMILES string of the molecule is Cc1c(NS(=O)(=O)c2ccc3c(c2)CN(C(C)c2ccc(OCC4CC(F)(F)C4)nc2)CC3)noc1C(C)(C)C. The zero-order chi connectivity index (χ0) is 28.9. The van der Waals surface area contributed by atoms with Crippen molar-refractivity contribution < 1.29 is 26.5 Å². The van der Waals surface area contributed by atoms with Gasteiger partial charge in [0.25, 0.3) is 10.0 Å². The molecule has 3 aromatic rings. The van der Waals surface area contributed by atoms with E-state index in [4.69, 9.17) is 9.26 Å². The number of nitrogens with zero attached hydrogens (tertiary/aromatic N) is 3. The highest BCUT2D eigenvalue weighted by atomic mass is 32.2. The van der Waals surface area contributed by atoms with E-state index in [1.807, 2.05) is 32.9 Å². The number of benzene rings is 1. The molecule has 1 unspecified atom stereocenters. The second-order valence-corrected chi connectivity index (χ2v) is 13.7. The minimum atomic E-state index is -3.87. The van der Waals surface area contributed by atoms with E-state index in [9.17, 15) is 17.2 Å². The maximum atomic E-state index is 13.3. The van der Waals surface area contributed by atoms with E-state index in [2.05, 4.69) is 26.7 Å². The molecule has 11 heteroatoms. The molecule has 0 spiro atoms. The lowest BCUT2D eigenvalue weighted by molar-refractivity contribution is -0.119. The Morgan fingerprint density at radius 3 is 2.58 bits per heavy atom. The number of fused-ring (bicyclic) bond motifs is 1. The lowest BCUT2D eigenvalue weighted by atomic mass is 9.82. The van der Waals surface area contributed by atoms with E-state index in [1.54, 1.807) is 31.3 Å². The van der Waals surface area contributed by atoms with Gasteiger partial charge in [0.1, 0.15) is 5.76 Å². The molecule has 2 aliphatic rings. The molecule has 1 aromatic carbocycles. The Morgan fingerprint density at radius 2 is 1.95 bits per heavy atom. The van der Waals surface area contributed by atoms with Crippen molar-refractivity contribution in [1.82, 2.24) is 15.0 Å². The van der Waals surface area contributed by atoms with Gasteiger partial charge in [0.15, 0.2) is 5.82 Å². The van der Waals surface area contributed by atoms with Crippen LogP contribution in [0.25, 0.3) is 0 Å². The number of nitrogens with one attached hydrogen (secondary N) is 1. The van der Waals surface area contributed by atoms with Crippen molar-refractivity contribution in [2.45, 2.75) is 82.7 Å². The molecule has 1 saturated carbocycles. The smallest absolute Gasteiger partial charge is 0.263 e. The van der Waals surface area contributed by atoms with Crippen molar-refractivity contribution in [3.63, 3.8) is 0 Å². The van der Waals surface area contributed by atoms with Gasteiger partial charge in [0.05, 0.1) is 11.5 Å². The lowest BCUT2D eigenvalue weighted by Gasteiger charge is -2.34. The minimum Gasteiger partial charge on any atom is -0.477 e. The first-order valence-corrected chi connectivity index (χ1v) is 15.0. The number of sulfonamides is 1. The van der Waals surface area contributed by atoms with Crippen molar-refractivity contribution in [2.24, 2.45) is 5.92 Å². The van der Waals surface area contributed by atoms with Crippen molar-refractivity contribution in [2.75, 3.05) is 17.9 Å². The monoisotopic (exact) mass is 574 g/mol. The molecule has 2 aromatic heterocycles. The van der Waals surface area contributed by atoms with E-state index in [1.165, 1.54) is 0 Å². The van der Waals surface area contributed by atoms with Gasteiger partial charge >= 0.3 is 0 Å². The number of rotatable bonds is 8. The van der Waals surface area contributed by atoms with Crippen LogP contribution >= 0.6 is 0 Å². The average Bonchev–Trinajstić information content (AvgIpc) is 3.25. The number of aromatic nitrogens is 2. The molecule has 0 amide bonds. The Kier molecular flexibility index (Phi) is 7.41. The van der Waals surface area contributed by atoms with Gasteiger partial charge in [-0.2, -0.15) is 0 Å². The Bertz CT molecular complexity index is 1470. The fourth-order valence-corrected chi connectivity index (χ4v) is 6.52. The van der Waals surface area contributed by atoms with Gasteiger partial charge in [-0.1, -0.05) is 38.1 Å². The molecule has 1 atom stereocenters. The van der Waals surface area contributed by atoms with Crippen LogP contribution in [0.4, 0.5) is 14.6 Å². The Morgan fingerprint density at radius 1 is 1.20 bits per heavy atom. The van der Waals surface area contributed by atoms with Gasteiger partial charge in [0.2, 0.25) is 11.8 Å². The van der Waals surface area contributed by atoms with Crippen molar-refractivity contribution in [3.8, 4) is 5.88 Å². The molecule has 216 valence electrons. The third kappa shape index (κ3) is 6.00. The van der Waals surface area contributed by atoms with E-state index in [-0.39, 0.29) is 47.5 Å². The van der Waals surface area contributed by atoms with Gasteiger partial charge < -0.3 is 9.26 Å². The molecular formula is C29H36F2N4O4S. The maximum absolute atomic E-state index is 13.3. The van der Waals surface area contributed by atoms with Crippen LogP contribution in [-0.2, 0) is 28.4 Å². The van der Waals surface area contributed by atoms with Gasteiger partial charge in [-0.05, 0) is 49.1 Å². The topological polar surface area (TPSA) is 97.6 Å². The summed E-state index contributed by atoms with van der Waals surface area (Å²) in [4.78, 5) is 6.83. The first-order valence-electron chi connectivity index (χ1n) is 13.5. The second kappa shape index (κ2) is 10.4. The molecular weight excluding hydrogens is 538 g/mol. The number of halogens is 2. The van der Waals surface area contributed by atoms with Crippen molar-refractivity contribution >= 4 is 15.8 Å². The van der Waals surface area contributed by atoms with Crippen LogP contribution in [0.2, 0.25) is 0 Å². The summed E-state index contributed by atoms with van der Waals surface area (Å²) in [6.45, 7) is 11.5. The standard InChI is InChI=1S/C29H36F2N4O4S/c1-18-26(28(3,4)5)39-33-27(18)34-40(36,37)24-8-6-21-10-11-35(16-23(21)12-24)19(2)22-7-9-25(32-15-22)38-17-20-13-29(30,31)14-20/h6-9,12,15,19-20H,10-11,13-14,16-17H2,1-5H3,(H,33,34). The summed E-state index contributed by atoms with van der Waals surface area (Å²) >= 11 is 0. The number of anilines is 1. The minimum absolute atomic E-state index is 0.0343. The van der Waals surface area contributed by atoms with E-state index in [0.717, 1.165) is 29.7 Å². The van der Waals surface area contributed by atoms with Gasteiger partial charge in [-0.3, -0.25) is 9.62 Å². The molecule has 1 fully saturated rings. The third-order valence-electron chi connectivity index (χ3n) is 7.80. The second-order valence-electron chi connectivity index (χ2n) is 12.0. The molecule has 0 bridgehead atoms. The zero-order valence-electron chi connectivity index (χ0n) is 23.5. The Labute approximate surface area is 234 Å². The highest BCUT2D eigenvalue weighted by Crippen LogP contribution is 2.42. The summed E-state index contributed by atoms with van der Waals surface area (Å²) in [5.41, 5.74) is 3.44.